The Hall–Kier alpha value is -2.38. The Morgan fingerprint density at radius 3 is 2.41 bits per heavy atom. The van der Waals surface area contributed by atoms with E-state index < -0.39 is 35.6 Å². The summed E-state index contributed by atoms with van der Waals surface area (Å²) in [6, 6.07) is -1.65. The van der Waals surface area contributed by atoms with Gasteiger partial charge in [0.25, 0.3) is 0 Å². The van der Waals surface area contributed by atoms with Crippen molar-refractivity contribution in [1.29, 1.82) is 0 Å². The third kappa shape index (κ3) is 7.80. The highest BCUT2D eigenvalue weighted by molar-refractivity contribution is 5.93. The number of alkyl carbamates (subject to hydrolysis) is 1. The van der Waals surface area contributed by atoms with Gasteiger partial charge in [0.15, 0.2) is 5.78 Å². The average Bonchev–Trinajstić information content (AvgIpc) is 2.97. The molecule has 8 nitrogen and oxygen atoms in total. The van der Waals surface area contributed by atoms with Gasteiger partial charge in [-0.1, -0.05) is 5.57 Å². The number of nitrogens with two attached hydrogens (primary N) is 1. The molecule has 27 heavy (non-hydrogen) atoms. The number of allylic oxidation sites excluding steroid dienone is 2. The summed E-state index contributed by atoms with van der Waals surface area (Å²) in [6.07, 6.45) is 2.11. The van der Waals surface area contributed by atoms with E-state index in [1.807, 2.05) is 0 Å². The van der Waals surface area contributed by atoms with Crippen LogP contribution in [0.25, 0.3) is 0 Å². The highest BCUT2D eigenvalue weighted by Gasteiger charge is 2.37. The molecule has 1 fully saturated rings. The van der Waals surface area contributed by atoms with Gasteiger partial charge in [-0.3, -0.25) is 14.4 Å². The van der Waals surface area contributed by atoms with Crippen molar-refractivity contribution in [2.24, 2.45) is 5.73 Å². The second-order valence-corrected chi connectivity index (χ2v) is 8.02. The largest absolute Gasteiger partial charge is 0.444 e. The van der Waals surface area contributed by atoms with E-state index in [0.717, 1.165) is 5.57 Å². The van der Waals surface area contributed by atoms with Crippen LogP contribution in [0.1, 0.15) is 60.3 Å². The summed E-state index contributed by atoms with van der Waals surface area (Å²) in [7, 11) is 0. The van der Waals surface area contributed by atoms with Crippen LogP contribution in [0.15, 0.2) is 11.6 Å². The van der Waals surface area contributed by atoms with Crippen molar-refractivity contribution in [3.63, 3.8) is 0 Å². The Kier molecular flexibility index (Phi) is 7.99. The molecule has 0 saturated carbocycles. The molecule has 8 heteroatoms. The van der Waals surface area contributed by atoms with Gasteiger partial charge >= 0.3 is 6.09 Å². The summed E-state index contributed by atoms with van der Waals surface area (Å²) in [4.78, 5) is 50.0. The molecule has 0 bridgehead atoms. The smallest absolute Gasteiger partial charge is 0.408 e. The van der Waals surface area contributed by atoms with Crippen LogP contribution in [0, 0.1) is 0 Å². The number of rotatable bonds is 7. The van der Waals surface area contributed by atoms with Crippen LogP contribution in [-0.2, 0) is 19.1 Å². The van der Waals surface area contributed by atoms with Gasteiger partial charge in [0, 0.05) is 13.0 Å². The van der Waals surface area contributed by atoms with Crippen molar-refractivity contribution in [2.45, 2.75) is 78.0 Å². The number of ether oxygens (including phenoxy) is 1. The minimum Gasteiger partial charge on any atom is -0.444 e. The second kappa shape index (κ2) is 9.53. The highest BCUT2D eigenvalue weighted by atomic mass is 16.6. The maximum absolute atomic E-state index is 12.9. The van der Waals surface area contributed by atoms with E-state index in [-0.39, 0.29) is 18.6 Å². The lowest BCUT2D eigenvalue weighted by Crippen LogP contribution is -2.53. The second-order valence-electron chi connectivity index (χ2n) is 8.02. The maximum Gasteiger partial charge on any atom is 0.408 e. The Morgan fingerprint density at radius 2 is 1.89 bits per heavy atom. The fraction of sp³-hybridized carbons (Fsp3) is 0.684. The Morgan fingerprint density at radius 1 is 1.26 bits per heavy atom. The van der Waals surface area contributed by atoms with Crippen LogP contribution >= 0.6 is 0 Å². The van der Waals surface area contributed by atoms with Gasteiger partial charge < -0.3 is 20.7 Å². The summed E-state index contributed by atoms with van der Waals surface area (Å²) >= 11 is 0. The molecule has 0 radical (unpaired) electrons. The van der Waals surface area contributed by atoms with Gasteiger partial charge in [0.2, 0.25) is 11.8 Å². The molecule has 0 aliphatic carbocycles. The van der Waals surface area contributed by atoms with Gasteiger partial charge in [0.05, 0.1) is 0 Å². The number of carbonyl (C=O) groups is 4. The minimum atomic E-state index is -0.964. The molecule has 152 valence electrons. The minimum absolute atomic E-state index is 0.0897. The molecule has 1 heterocycles. The lowest BCUT2D eigenvalue weighted by molar-refractivity contribution is -0.139. The number of amides is 3. The fourth-order valence-electron chi connectivity index (χ4n) is 2.91. The number of hydrogen-bond acceptors (Lipinski definition) is 5. The zero-order valence-corrected chi connectivity index (χ0v) is 16.8. The van der Waals surface area contributed by atoms with E-state index in [1.165, 1.54) is 11.0 Å². The molecule has 1 aliphatic heterocycles. The van der Waals surface area contributed by atoms with Gasteiger partial charge in [-0.15, -0.1) is 0 Å². The summed E-state index contributed by atoms with van der Waals surface area (Å²) in [5.41, 5.74) is 5.52. The number of likely N-dealkylation sites (tertiary alicyclic amines) is 1. The number of ketones is 1. The Balaban J connectivity index is 2.90. The summed E-state index contributed by atoms with van der Waals surface area (Å²) < 4.78 is 5.22. The molecule has 2 atom stereocenters. The Bertz CT molecular complexity index is 617. The zero-order valence-electron chi connectivity index (χ0n) is 16.8. The van der Waals surface area contributed by atoms with Crippen molar-refractivity contribution in [2.75, 3.05) is 6.54 Å². The molecule has 1 aliphatic rings. The standard InChI is InChI=1S/C19H31N3O5/c1-12(2)11-13(23)8-9-14(21-18(26)27-19(3,4)5)17(25)22-10-6-7-15(22)16(20)24/h11,14-15H,6-10H2,1-5H3,(H2,20,24)(H,21,26)/t14-,15-/m0/s1. The number of primary amides is 1. The predicted octanol–water partition coefficient (Wildman–Crippen LogP) is 1.67. The van der Waals surface area contributed by atoms with Gasteiger partial charge in [-0.25, -0.2) is 4.79 Å². The summed E-state index contributed by atoms with van der Waals surface area (Å²) in [5.74, 6) is -1.13. The lowest BCUT2D eigenvalue weighted by atomic mass is 10.1. The van der Waals surface area contributed by atoms with Crippen molar-refractivity contribution >= 4 is 23.7 Å². The van der Waals surface area contributed by atoms with Crippen molar-refractivity contribution in [3.05, 3.63) is 11.6 Å². The molecule has 0 aromatic heterocycles. The summed E-state index contributed by atoms with van der Waals surface area (Å²) in [6.45, 7) is 9.14. The summed E-state index contributed by atoms with van der Waals surface area (Å²) in [5, 5.41) is 2.54. The van der Waals surface area contributed by atoms with E-state index in [1.54, 1.807) is 34.6 Å². The normalized spacial score (nSPS) is 17.8. The third-order valence-electron chi connectivity index (χ3n) is 3.98. The predicted molar refractivity (Wildman–Crippen MR) is 101 cm³/mol. The van der Waals surface area contributed by atoms with Gasteiger partial charge in [0.1, 0.15) is 17.7 Å². The molecular formula is C19H31N3O5. The molecule has 1 rings (SSSR count). The first-order chi connectivity index (χ1) is 12.4. The van der Waals surface area contributed by atoms with E-state index in [4.69, 9.17) is 10.5 Å². The molecule has 0 spiro atoms. The molecule has 0 aromatic carbocycles. The third-order valence-corrected chi connectivity index (χ3v) is 3.98. The monoisotopic (exact) mass is 381 g/mol. The number of nitrogens with one attached hydrogen (secondary N) is 1. The van der Waals surface area contributed by atoms with Crippen molar-refractivity contribution < 1.29 is 23.9 Å². The van der Waals surface area contributed by atoms with Crippen molar-refractivity contribution in [1.82, 2.24) is 10.2 Å². The molecular weight excluding hydrogens is 350 g/mol. The van der Waals surface area contributed by atoms with Gasteiger partial charge in [-0.05, 0) is 60.0 Å². The maximum atomic E-state index is 12.9. The van der Waals surface area contributed by atoms with Crippen LogP contribution in [0.4, 0.5) is 4.79 Å². The average molecular weight is 381 g/mol. The molecule has 3 N–H and O–H groups in total. The van der Waals surface area contributed by atoms with Crippen LogP contribution in [0.5, 0.6) is 0 Å². The van der Waals surface area contributed by atoms with E-state index in [2.05, 4.69) is 5.32 Å². The lowest BCUT2D eigenvalue weighted by Gasteiger charge is -2.28. The van der Waals surface area contributed by atoms with Crippen LogP contribution < -0.4 is 11.1 Å². The van der Waals surface area contributed by atoms with E-state index in [9.17, 15) is 19.2 Å². The van der Waals surface area contributed by atoms with Crippen LogP contribution in [0.3, 0.4) is 0 Å². The van der Waals surface area contributed by atoms with E-state index in [0.29, 0.717) is 19.4 Å². The first-order valence-corrected chi connectivity index (χ1v) is 9.17. The highest BCUT2D eigenvalue weighted by Crippen LogP contribution is 2.19. The van der Waals surface area contributed by atoms with Gasteiger partial charge in [-0.2, -0.15) is 0 Å². The molecule has 1 saturated heterocycles. The van der Waals surface area contributed by atoms with Crippen molar-refractivity contribution in [3.8, 4) is 0 Å². The van der Waals surface area contributed by atoms with Crippen LogP contribution in [0.2, 0.25) is 0 Å². The fourth-order valence-corrected chi connectivity index (χ4v) is 2.91. The Labute approximate surface area is 160 Å². The number of carbonyl (C=O) groups excluding carboxylic acids is 4. The van der Waals surface area contributed by atoms with Crippen LogP contribution in [-0.4, -0.2) is 52.8 Å². The van der Waals surface area contributed by atoms with E-state index >= 15 is 0 Å². The molecule has 0 aromatic rings. The molecule has 3 amide bonds. The first kappa shape index (κ1) is 22.7. The number of hydrogen-bond donors (Lipinski definition) is 2. The SMILES string of the molecule is CC(C)=CC(=O)CC[C@H](NC(=O)OC(C)(C)C)C(=O)N1CCC[C@H]1C(N)=O. The zero-order chi connectivity index (χ0) is 20.8. The number of nitrogens with zero attached hydrogens (tertiary/aromatic N) is 1. The first-order valence-electron chi connectivity index (χ1n) is 9.17. The topological polar surface area (TPSA) is 119 Å². The quantitative estimate of drug-likeness (QED) is 0.650. The molecule has 0 unspecified atom stereocenters.